The van der Waals surface area contributed by atoms with Crippen LogP contribution in [0.2, 0.25) is 0 Å². The van der Waals surface area contributed by atoms with Crippen LogP contribution in [0.15, 0.2) is 42.5 Å². The van der Waals surface area contributed by atoms with E-state index in [2.05, 4.69) is 10.6 Å². The first-order valence-electron chi connectivity index (χ1n) is 8.92. The maximum Gasteiger partial charge on any atom is 0.262 e. The summed E-state index contributed by atoms with van der Waals surface area (Å²) in [5.74, 6) is -1.99. The molecule has 0 aliphatic carbocycles. The van der Waals surface area contributed by atoms with Gasteiger partial charge in [-0.05, 0) is 44.0 Å². The molecule has 1 heterocycles. The molecular formula is C21H21N3O4. The number of para-hydroxylation sites is 1. The Balaban J connectivity index is 1.62. The van der Waals surface area contributed by atoms with E-state index in [0.717, 1.165) is 16.0 Å². The molecule has 2 aromatic carbocycles. The number of carbonyl (C=O) groups excluding carboxylic acids is 4. The van der Waals surface area contributed by atoms with Gasteiger partial charge in [-0.3, -0.25) is 24.1 Å². The van der Waals surface area contributed by atoms with Crippen molar-refractivity contribution in [2.75, 3.05) is 11.9 Å². The molecule has 7 nitrogen and oxygen atoms in total. The summed E-state index contributed by atoms with van der Waals surface area (Å²) in [6.45, 7) is 4.96. The number of hydrogen-bond acceptors (Lipinski definition) is 4. The molecule has 0 saturated heterocycles. The molecule has 0 aromatic heterocycles. The molecule has 144 valence electrons. The van der Waals surface area contributed by atoms with Crippen LogP contribution in [-0.2, 0) is 9.59 Å². The van der Waals surface area contributed by atoms with Crippen molar-refractivity contribution in [1.82, 2.24) is 10.2 Å². The molecule has 0 saturated carbocycles. The predicted molar refractivity (Wildman–Crippen MR) is 104 cm³/mol. The van der Waals surface area contributed by atoms with Crippen molar-refractivity contribution >= 4 is 29.3 Å². The van der Waals surface area contributed by atoms with E-state index in [4.69, 9.17) is 0 Å². The van der Waals surface area contributed by atoms with Crippen LogP contribution in [0.1, 0.15) is 38.8 Å². The van der Waals surface area contributed by atoms with Crippen molar-refractivity contribution in [2.45, 2.75) is 26.8 Å². The normalized spacial score (nSPS) is 13.9. The number of nitrogens with one attached hydrogen (secondary N) is 2. The number of aryl methyl sites for hydroxylation is 2. The first-order chi connectivity index (χ1) is 13.3. The molecule has 2 aromatic rings. The number of benzene rings is 2. The highest BCUT2D eigenvalue weighted by molar-refractivity contribution is 6.22. The van der Waals surface area contributed by atoms with E-state index in [0.29, 0.717) is 5.69 Å². The Morgan fingerprint density at radius 2 is 1.46 bits per heavy atom. The predicted octanol–water partition coefficient (Wildman–Crippen LogP) is 2.04. The van der Waals surface area contributed by atoms with Gasteiger partial charge in [0.1, 0.15) is 6.04 Å². The van der Waals surface area contributed by atoms with E-state index in [1.807, 2.05) is 32.0 Å². The molecule has 0 bridgehead atoms. The van der Waals surface area contributed by atoms with Gasteiger partial charge in [0.05, 0.1) is 17.7 Å². The van der Waals surface area contributed by atoms with Crippen molar-refractivity contribution in [3.05, 3.63) is 64.7 Å². The summed E-state index contributed by atoms with van der Waals surface area (Å²) in [7, 11) is 0. The highest BCUT2D eigenvalue weighted by atomic mass is 16.2. The Kier molecular flexibility index (Phi) is 5.26. The van der Waals surface area contributed by atoms with Gasteiger partial charge in [-0.2, -0.15) is 0 Å². The second-order valence-electron chi connectivity index (χ2n) is 6.73. The highest BCUT2D eigenvalue weighted by Crippen LogP contribution is 2.24. The van der Waals surface area contributed by atoms with Crippen molar-refractivity contribution in [1.29, 1.82) is 0 Å². The van der Waals surface area contributed by atoms with Gasteiger partial charge >= 0.3 is 0 Å². The molecule has 7 heteroatoms. The second-order valence-corrected chi connectivity index (χ2v) is 6.73. The van der Waals surface area contributed by atoms with Crippen LogP contribution in [0.4, 0.5) is 5.69 Å². The topological polar surface area (TPSA) is 95.6 Å². The fourth-order valence-corrected chi connectivity index (χ4v) is 3.19. The van der Waals surface area contributed by atoms with E-state index in [1.54, 1.807) is 24.3 Å². The summed E-state index contributed by atoms with van der Waals surface area (Å²) in [6.07, 6.45) is 0. The van der Waals surface area contributed by atoms with Gasteiger partial charge in [-0.15, -0.1) is 0 Å². The van der Waals surface area contributed by atoms with Crippen LogP contribution in [0.5, 0.6) is 0 Å². The Bertz CT molecular complexity index is 928. The molecule has 0 unspecified atom stereocenters. The van der Waals surface area contributed by atoms with Crippen molar-refractivity contribution in [2.24, 2.45) is 0 Å². The zero-order chi connectivity index (χ0) is 20.4. The SMILES string of the molecule is Cc1cccc(C)c1NC(=O)CNC(=O)[C@H](C)N1C(=O)c2ccccc2C1=O. The van der Waals surface area contributed by atoms with Crippen LogP contribution in [0, 0.1) is 13.8 Å². The molecule has 1 atom stereocenters. The van der Waals surface area contributed by atoms with Gasteiger partial charge in [0.25, 0.3) is 11.8 Å². The third-order valence-corrected chi connectivity index (χ3v) is 4.76. The van der Waals surface area contributed by atoms with E-state index < -0.39 is 23.8 Å². The summed E-state index contributed by atoms with van der Waals surface area (Å²) in [5.41, 5.74) is 3.09. The third-order valence-electron chi connectivity index (χ3n) is 4.76. The van der Waals surface area contributed by atoms with Crippen LogP contribution >= 0.6 is 0 Å². The van der Waals surface area contributed by atoms with E-state index >= 15 is 0 Å². The number of amides is 4. The van der Waals surface area contributed by atoms with Crippen LogP contribution in [0.25, 0.3) is 0 Å². The average Bonchev–Trinajstić information content (AvgIpc) is 2.93. The quantitative estimate of drug-likeness (QED) is 0.777. The monoisotopic (exact) mass is 379 g/mol. The Hall–Kier alpha value is -3.48. The van der Waals surface area contributed by atoms with Gasteiger partial charge in [0.2, 0.25) is 11.8 Å². The van der Waals surface area contributed by atoms with E-state index in [9.17, 15) is 19.2 Å². The lowest BCUT2D eigenvalue weighted by molar-refractivity contribution is -0.126. The average molecular weight is 379 g/mol. The van der Waals surface area contributed by atoms with Crippen molar-refractivity contribution in [3.63, 3.8) is 0 Å². The minimum absolute atomic E-state index is 0.264. The summed E-state index contributed by atoms with van der Waals surface area (Å²) < 4.78 is 0. The Morgan fingerprint density at radius 1 is 0.929 bits per heavy atom. The number of anilines is 1. The van der Waals surface area contributed by atoms with Gasteiger partial charge in [0, 0.05) is 5.69 Å². The molecule has 4 amide bonds. The number of fused-ring (bicyclic) bond motifs is 1. The largest absolute Gasteiger partial charge is 0.345 e. The lowest BCUT2D eigenvalue weighted by Gasteiger charge is -2.21. The summed E-state index contributed by atoms with van der Waals surface area (Å²) in [6, 6.07) is 11.1. The lowest BCUT2D eigenvalue weighted by atomic mass is 10.1. The molecule has 28 heavy (non-hydrogen) atoms. The molecule has 0 fully saturated rings. The number of nitrogens with zero attached hydrogens (tertiary/aromatic N) is 1. The summed E-state index contributed by atoms with van der Waals surface area (Å²) in [5, 5.41) is 5.26. The maximum atomic E-state index is 12.5. The molecule has 0 spiro atoms. The molecule has 1 aliphatic rings. The fourth-order valence-electron chi connectivity index (χ4n) is 3.19. The number of hydrogen-bond donors (Lipinski definition) is 2. The molecule has 0 radical (unpaired) electrons. The van der Waals surface area contributed by atoms with Gasteiger partial charge in [-0.1, -0.05) is 30.3 Å². The van der Waals surface area contributed by atoms with Crippen molar-refractivity contribution in [3.8, 4) is 0 Å². The van der Waals surface area contributed by atoms with Crippen LogP contribution in [0.3, 0.4) is 0 Å². The van der Waals surface area contributed by atoms with Crippen molar-refractivity contribution < 1.29 is 19.2 Å². The van der Waals surface area contributed by atoms with E-state index in [1.165, 1.54) is 6.92 Å². The molecule has 1 aliphatic heterocycles. The first kappa shape index (κ1) is 19.3. The first-order valence-corrected chi connectivity index (χ1v) is 8.92. The van der Waals surface area contributed by atoms with Gasteiger partial charge in [0.15, 0.2) is 0 Å². The third kappa shape index (κ3) is 3.51. The number of rotatable bonds is 5. The minimum Gasteiger partial charge on any atom is -0.345 e. The molecular weight excluding hydrogens is 358 g/mol. The zero-order valence-corrected chi connectivity index (χ0v) is 15.9. The smallest absolute Gasteiger partial charge is 0.262 e. The standard InChI is InChI=1S/C21H21N3O4/c1-12-7-6-8-13(2)18(12)23-17(25)11-22-19(26)14(3)24-20(27)15-9-4-5-10-16(15)21(24)28/h4-10,14H,11H2,1-3H3,(H,22,26)(H,23,25)/t14-/m0/s1. The Labute approximate surface area is 162 Å². The lowest BCUT2D eigenvalue weighted by Crippen LogP contribution is -2.49. The summed E-state index contributed by atoms with van der Waals surface area (Å²) >= 11 is 0. The number of imide groups is 1. The van der Waals surface area contributed by atoms with Crippen LogP contribution in [-0.4, -0.2) is 41.1 Å². The fraction of sp³-hybridized carbons (Fsp3) is 0.238. The van der Waals surface area contributed by atoms with Gasteiger partial charge < -0.3 is 10.6 Å². The second kappa shape index (κ2) is 7.64. The molecule has 2 N–H and O–H groups in total. The van der Waals surface area contributed by atoms with Gasteiger partial charge in [-0.25, -0.2) is 0 Å². The minimum atomic E-state index is -1.03. The van der Waals surface area contributed by atoms with E-state index in [-0.39, 0.29) is 23.6 Å². The zero-order valence-electron chi connectivity index (χ0n) is 15.9. The summed E-state index contributed by atoms with van der Waals surface area (Å²) in [4.78, 5) is 50.5. The Morgan fingerprint density at radius 3 is 2.00 bits per heavy atom. The number of carbonyl (C=O) groups is 4. The van der Waals surface area contributed by atoms with Crippen LogP contribution < -0.4 is 10.6 Å². The highest BCUT2D eigenvalue weighted by Gasteiger charge is 2.40. The molecule has 3 rings (SSSR count). The maximum absolute atomic E-state index is 12.5.